The predicted octanol–water partition coefficient (Wildman–Crippen LogP) is 2.60. The van der Waals surface area contributed by atoms with Crippen molar-refractivity contribution in [1.82, 2.24) is 9.03 Å². The molecule has 182 valence electrons. The van der Waals surface area contributed by atoms with Gasteiger partial charge in [-0.15, -0.1) is 0 Å². The lowest BCUT2D eigenvalue weighted by molar-refractivity contribution is 0.166. The standard InChI is InChI=1S/C21H32F3N3O3S2/c1-21(2,3)31(28)26-20(11-13-10-18(23)19(24)12-17(13)22)14-8-15-4-5-16(9-14)27(15)32(29,30)7-6-25/h10,12,14-16,20,26H,4-9,11,25H2,1-3H3/t14?,15-,16?,20?,31-/m0/s1. The van der Waals surface area contributed by atoms with Gasteiger partial charge >= 0.3 is 0 Å². The Morgan fingerprint density at radius 1 is 1.12 bits per heavy atom. The maximum Gasteiger partial charge on any atom is 0.215 e. The van der Waals surface area contributed by atoms with E-state index in [9.17, 15) is 25.8 Å². The Balaban J connectivity index is 1.87. The highest BCUT2D eigenvalue weighted by Crippen LogP contribution is 2.42. The molecule has 11 heteroatoms. The molecule has 32 heavy (non-hydrogen) atoms. The molecule has 3 rings (SSSR count). The van der Waals surface area contributed by atoms with E-state index >= 15 is 0 Å². The first-order valence-electron chi connectivity index (χ1n) is 10.9. The normalized spacial score (nSPS) is 26.3. The molecule has 2 bridgehead atoms. The largest absolute Gasteiger partial charge is 0.329 e. The quantitative estimate of drug-likeness (QED) is 0.543. The van der Waals surface area contributed by atoms with E-state index in [-0.39, 0.29) is 42.3 Å². The van der Waals surface area contributed by atoms with E-state index in [0.717, 1.165) is 18.9 Å². The van der Waals surface area contributed by atoms with Gasteiger partial charge in [-0.25, -0.2) is 30.5 Å². The number of nitrogens with one attached hydrogen (secondary N) is 1. The third-order valence-corrected chi connectivity index (χ3v) is 9.93. The monoisotopic (exact) mass is 495 g/mol. The Hall–Kier alpha value is -1.01. The number of fused-ring (bicyclic) bond motifs is 2. The molecule has 3 N–H and O–H groups in total. The number of halogens is 3. The molecule has 1 aromatic rings. The lowest BCUT2D eigenvalue weighted by Crippen LogP contribution is -2.53. The Labute approximate surface area is 190 Å². The fourth-order valence-electron chi connectivity index (χ4n) is 4.79. The van der Waals surface area contributed by atoms with Crippen LogP contribution in [0, 0.1) is 23.4 Å². The summed E-state index contributed by atoms with van der Waals surface area (Å²) in [5, 5.41) is 0. The number of nitrogens with two attached hydrogens (primary N) is 1. The van der Waals surface area contributed by atoms with E-state index in [2.05, 4.69) is 4.72 Å². The fraction of sp³-hybridized carbons (Fsp3) is 0.714. The van der Waals surface area contributed by atoms with Crippen molar-refractivity contribution in [3.63, 3.8) is 0 Å². The second-order valence-corrected chi connectivity index (χ2v) is 13.7. The molecule has 5 atom stereocenters. The molecule has 3 unspecified atom stereocenters. The van der Waals surface area contributed by atoms with Gasteiger partial charge in [-0.2, -0.15) is 4.31 Å². The van der Waals surface area contributed by atoms with Crippen LogP contribution in [0.15, 0.2) is 12.1 Å². The number of hydrogen-bond donors (Lipinski definition) is 2. The second-order valence-electron chi connectivity index (χ2n) is 9.72. The van der Waals surface area contributed by atoms with Crippen molar-refractivity contribution in [3.8, 4) is 0 Å². The molecular weight excluding hydrogens is 463 g/mol. The van der Waals surface area contributed by atoms with E-state index in [1.807, 2.05) is 0 Å². The first-order chi connectivity index (χ1) is 14.8. The van der Waals surface area contributed by atoms with Crippen molar-refractivity contribution >= 4 is 21.0 Å². The van der Waals surface area contributed by atoms with Gasteiger partial charge in [0.25, 0.3) is 0 Å². The van der Waals surface area contributed by atoms with E-state index in [4.69, 9.17) is 5.73 Å². The van der Waals surface area contributed by atoms with E-state index in [0.29, 0.717) is 18.9 Å². The summed E-state index contributed by atoms with van der Waals surface area (Å²) in [5.74, 6) is -3.47. The zero-order valence-corrected chi connectivity index (χ0v) is 20.2. The van der Waals surface area contributed by atoms with Crippen LogP contribution < -0.4 is 10.5 Å². The summed E-state index contributed by atoms with van der Waals surface area (Å²) < 4.78 is 83.9. The lowest BCUT2D eigenvalue weighted by atomic mass is 9.83. The number of nitrogens with zero attached hydrogens (tertiary/aromatic N) is 1. The highest BCUT2D eigenvalue weighted by molar-refractivity contribution is 7.89. The maximum atomic E-state index is 14.4. The average molecular weight is 496 g/mol. The Bertz CT molecular complexity index is 955. The van der Waals surface area contributed by atoms with E-state index < -0.39 is 49.2 Å². The zero-order valence-electron chi connectivity index (χ0n) is 18.6. The number of benzene rings is 1. The summed E-state index contributed by atoms with van der Waals surface area (Å²) in [6.45, 7) is 5.46. The topological polar surface area (TPSA) is 92.5 Å². The smallest absolute Gasteiger partial charge is 0.215 e. The third-order valence-electron chi connectivity index (χ3n) is 6.31. The molecule has 2 fully saturated rings. The molecule has 2 aliphatic rings. The first-order valence-corrected chi connectivity index (χ1v) is 13.6. The molecule has 0 saturated carbocycles. The Morgan fingerprint density at radius 2 is 1.69 bits per heavy atom. The van der Waals surface area contributed by atoms with Crippen molar-refractivity contribution in [1.29, 1.82) is 0 Å². The summed E-state index contributed by atoms with van der Waals surface area (Å²) >= 11 is 0. The lowest BCUT2D eigenvalue weighted by Gasteiger charge is -2.41. The average Bonchev–Trinajstić information content (AvgIpc) is 2.96. The van der Waals surface area contributed by atoms with Gasteiger partial charge in [-0.05, 0) is 70.4 Å². The van der Waals surface area contributed by atoms with E-state index in [1.165, 1.54) is 0 Å². The highest BCUT2D eigenvalue weighted by atomic mass is 32.2. The Kier molecular flexibility index (Phi) is 7.76. The minimum atomic E-state index is -3.46. The third kappa shape index (κ3) is 5.55. The van der Waals surface area contributed by atoms with Gasteiger partial charge in [-0.1, -0.05) is 0 Å². The SMILES string of the molecule is CC(C)(C)[S@](=O)NC(Cc1cc(F)c(F)cc1F)C1CC2CC[C@@H](C1)N2S(=O)(=O)CCN. The summed E-state index contributed by atoms with van der Waals surface area (Å²) in [7, 11) is -4.94. The summed E-state index contributed by atoms with van der Waals surface area (Å²) in [6, 6.07) is 0.481. The highest BCUT2D eigenvalue weighted by Gasteiger charge is 2.48. The molecule has 6 nitrogen and oxygen atoms in total. The van der Waals surface area contributed by atoms with Crippen molar-refractivity contribution in [2.75, 3.05) is 12.3 Å². The van der Waals surface area contributed by atoms with Crippen LogP contribution in [-0.2, 0) is 27.4 Å². The molecule has 2 saturated heterocycles. The van der Waals surface area contributed by atoms with Crippen molar-refractivity contribution in [2.45, 2.75) is 75.7 Å². The molecule has 0 aromatic heterocycles. The van der Waals surface area contributed by atoms with Crippen molar-refractivity contribution in [3.05, 3.63) is 35.1 Å². The van der Waals surface area contributed by atoms with Crippen LogP contribution in [-0.4, -0.2) is 52.1 Å². The van der Waals surface area contributed by atoms with Crippen molar-refractivity contribution in [2.24, 2.45) is 11.7 Å². The summed E-state index contributed by atoms with van der Waals surface area (Å²) in [5.41, 5.74) is 5.48. The van der Waals surface area contributed by atoms with Gasteiger partial charge in [-0.3, -0.25) is 0 Å². The molecule has 2 heterocycles. The van der Waals surface area contributed by atoms with E-state index in [1.54, 1.807) is 25.1 Å². The first kappa shape index (κ1) is 25.6. The van der Waals surface area contributed by atoms with Crippen LogP contribution in [0.25, 0.3) is 0 Å². The van der Waals surface area contributed by atoms with Gasteiger partial charge in [0, 0.05) is 30.7 Å². The van der Waals surface area contributed by atoms with Gasteiger partial charge in [0.05, 0.1) is 21.5 Å². The summed E-state index contributed by atoms with van der Waals surface area (Å²) in [6.07, 6.45) is 2.50. The fourth-order valence-corrected chi connectivity index (χ4v) is 7.49. The van der Waals surface area contributed by atoms with Crippen LogP contribution in [0.3, 0.4) is 0 Å². The molecule has 2 aliphatic heterocycles. The van der Waals surface area contributed by atoms with Crippen LogP contribution in [0.2, 0.25) is 0 Å². The molecule has 1 aromatic carbocycles. The number of rotatable bonds is 8. The van der Waals surface area contributed by atoms with Gasteiger partial charge in [0.2, 0.25) is 10.0 Å². The van der Waals surface area contributed by atoms with Crippen molar-refractivity contribution < 1.29 is 25.8 Å². The molecule has 0 amide bonds. The predicted molar refractivity (Wildman–Crippen MR) is 119 cm³/mol. The Morgan fingerprint density at radius 3 is 2.22 bits per heavy atom. The van der Waals surface area contributed by atoms with Crippen LogP contribution in [0.4, 0.5) is 13.2 Å². The van der Waals surface area contributed by atoms with Crippen LogP contribution in [0.1, 0.15) is 52.0 Å². The maximum absolute atomic E-state index is 14.4. The van der Waals surface area contributed by atoms with Gasteiger partial charge in [0.1, 0.15) is 5.82 Å². The van der Waals surface area contributed by atoms with Gasteiger partial charge < -0.3 is 5.73 Å². The number of sulfonamides is 1. The minimum absolute atomic E-state index is 0.00200. The number of piperidine rings is 1. The van der Waals surface area contributed by atoms with Gasteiger partial charge in [0.15, 0.2) is 11.6 Å². The zero-order chi connectivity index (χ0) is 23.8. The molecular formula is C21H32F3N3O3S2. The molecule has 0 aliphatic carbocycles. The van der Waals surface area contributed by atoms with Crippen LogP contribution >= 0.6 is 0 Å². The van der Waals surface area contributed by atoms with Crippen LogP contribution in [0.5, 0.6) is 0 Å². The minimum Gasteiger partial charge on any atom is -0.329 e. The number of hydrogen-bond acceptors (Lipinski definition) is 4. The summed E-state index contributed by atoms with van der Waals surface area (Å²) in [4.78, 5) is 0. The molecule has 0 spiro atoms. The molecule has 0 radical (unpaired) electrons. The second kappa shape index (κ2) is 9.69.